The summed E-state index contributed by atoms with van der Waals surface area (Å²) in [4.78, 5) is 2.22. The van der Waals surface area contributed by atoms with Crippen LogP contribution < -0.4 is 0 Å². The smallest absolute Gasteiger partial charge is 0.0224 e. The molecule has 0 aliphatic carbocycles. The molecule has 0 aromatic rings. The van der Waals surface area contributed by atoms with Crippen LogP contribution >= 0.6 is 0 Å². The molecule has 1 nitrogen and oxygen atoms in total. The fraction of sp³-hybridized carbons (Fsp3) is 0.636. The third-order valence-corrected chi connectivity index (χ3v) is 2.27. The van der Waals surface area contributed by atoms with Crippen LogP contribution in [0.4, 0.5) is 0 Å². The molecule has 0 N–H and O–H groups in total. The fourth-order valence-corrected chi connectivity index (χ4v) is 0.784. The van der Waals surface area contributed by atoms with E-state index in [-0.39, 0.29) is 0 Å². The summed E-state index contributed by atoms with van der Waals surface area (Å²) in [6.45, 7) is 10.7. The topological polar surface area (TPSA) is 3.24 Å². The average Bonchev–Trinajstić information content (AvgIpc) is 2.02. The van der Waals surface area contributed by atoms with E-state index in [4.69, 9.17) is 0 Å². The van der Waals surface area contributed by atoms with Crippen molar-refractivity contribution < 1.29 is 0 Å². The van der Waals surface area contributed by atoms with Crippen molar-refractivity contribution in [3.8, 4) is 0 Å². The Morgan fingerprint density at radius 2 is 1.67 bits per heavy atom. The molecule has 0 bridgehead atoms. The van der Waals surface area contributed by atoms with Crippen molar-refractivity contribution in [2.45, 2.75) is 40.7 Å². The number of allylic oxidation sites excluding steroid dienone is 3. The highest BCUT2D eigenvalue weighted by molar-refractivity contribution is 5.25. The second kappa shape index (κ2) is 5.02. The Bertz CT molecular complexity index is 187. The Morgan fingerprint density at radius 1 is 1.17 bits per heavy atom. The van der Waals surface area contributed by atoms with Gasteiger partial charge in [-0.3, -0.25) is 0 Å². The molecule has 0 saturated heterocycles. The predicted molar refractivity (Wildman–Crippen MR) is 56.1 cm³/mol. The minimum absolute atomic E-state index is 0.574. The zero-order valence-electron chi connectivity index (χ0n) is 9.18. The van der Waals surface area contributed by atoms with Crippen LogP contribution in [0.1, 0.15) is 34.6 Å². The number of hydrogen-bond donors (Lipinski definition) is 0. The van der Waals surface area contributed by atoms with Gasteiger partial charge in [0.25, 0.3) is 0 Å². The van der Waals surface area contributed by atoms with Gasteiger partial charge in [0.05, 0.1) is 0 Å². The average molecular weight is 167 g/mol. The molecule has 12 heavy (non-hydrogen) atoms. The van der Waals surface area contributed by atoms with Crippen molar-refractivity contribution in [1.82, 2.24) is 4.90 Å². The molecule has 0 fully saturated rings. The first kappa shape index (κ1) is 11.3. The van der Waals surface area contributed by atoms with E-state index in [2.05, 4.69) is 58.8 Å². The van der Waals surface area contributed by atoms with Gasteiger partial charge in [-0.05, 0) is 40.2 Å². The lowest BCUT2D eigenvalue weighted by atomic mass is 10.1. The molecule has 0 aliphatic heterocycles. The maximum absolute atomic E-state index is 2.22. The van der Waals surface area contributed by atoms with Crippen LogP contribution in [0.25, 0.3) is 0 Å². The van der Waals surface area contributed by atoms with Crippen LogP contribution in [0, 0.1) is 0 Å². The molecule has 0 aromatic carbocycles. The molecule has 0 aliphatic rings. The second-order valence-electron chi connectivity index (χ2n) is 3.54. The highest BCUT2D eigenvalue weighted by atomic mass is 15.1. The van der Waals surface area contributed by atoms with Gasteiger partial charge in [-0.1, -0.05) is 11.6 Å². The maximum Gasteiger partial charge on any atom is 0.0224 e. The van der Waals surface area contributed by atoms with Gasteiger partial charge in [0.2, 0.25) is 0 Å². The van der Waals surface area contributed by atoms with Crippen LogP contribution in [0.3, 0.4) is 0 Å². The molecule has 0 atom stereocenters. The van der Waals surface area contributed by atoms with E-state index in [1.807, 2.05) is 0 Å². The summed E-state index contributed by atoms with van der Waals surface area (Å²) in [6, 6.07) is 0.574. The largest absolute Gasteiger partial charge is 0.378 e. The Kier molecular flexibility index (Phi) is 4.72. The zero-order valence-corrected chi connectivity index (χ0v) is 9.18. The quantitative estimate of drug-likeness (QED) is 0.583. The lowest BCUT2D eigenvalue weighted by Crippen LogP contribution is -2.20. The molecular formula is C11H21N. The highest BCUT2D eigenvalue weighted by Gasteiger charge is 1.98. The van der Waals surface area contributed by atoms with Gasteiger partial charge in [-0.15, -0.1) is 0 Å². The number of rotatable bonds is 3. The molecule has 0 heterocycles. The minimum Gasteiger partial charge on any atom is -0.378 e. The van der Waals surface area contributed by atoms with Crippen LogP contribution in [0.5, 0.6) is 0 Å². The van der Waals surface area contributed by atoms with E-state index in [1.54, 1.807) is 0 Å². The fourth-order valence-electron chi connectivity index (χ4n) is 0.784. The van der Waals surface area contributed by atoms with E-state index in [9.17, 15) is 0 Å². The summed E-state index contributed by atoms with van der Waals surface area (Å²) in [5.74, 6) is 0. The summed E-state index contributed by atoms with van der Waals surface area (Å²) in [5, 5.41) is 0. The molecule has 70 valence electrons. The van der Waals surface area contributed by atoms with Crippen molar-refractivity contribution in [2.24, 2.45) is 0 Å². The summed E-state index contributed by atoms with van der Waals surface area (Å²) < 4.78 is 0. The predicted octanol–water partition coefficient (Wildman–Crippen LogP) is 3.20. The van der Waals surface area contributed by atoms with Gasteiger partial charge in [-0.2, -0.15) is 0 Å². The molecular weight excluding hydrogens is 146 g/mol. The van der Waals surface area contributed by atoms with Gasteiger partial charge < -0.3 is 4.90 Å². The maximum atomic E-state index is 2.22. The van der Waals surface area contributed by atoms with Crippen LogP contribution in [0.2, 0.25) is 0 Å². The first-order valence-corrected chi connectivity index (χ1v) is 4.52. The molecule has 0 amide bonds. The SMILES string of the molecule is C/C=C(C)\C(C)=C/N(C)C(C)C. The van der Waals surface area contributed by atoms with Gasteiger partial charge >= 0.3 is 0 Å². The van der Waals surface area contributed by atoms with Crippen LogP contribution in [-0.4, -0.2) is 18.0 Å². The van der Waals surface area contributed by atoms with E-state index < -0.39 is 0 Å². The summed E-state index contributed by atoms with van der Waals surface area (Å²) in [5.41, 5.74) is 2.69. The van der Waals surface area contributed by atoms with E-state index in [0.717, 1.165) is 0 Å². The lowest BCUT2D eigenvalue weighted by Gasteiger charge is -2.20. The monoisotopic (exact) mass is 167 g/mol. The Hall–Kier alpha value is -0.720. The van der Waals surface area contributed by atoms with Crippen LogP contribution in [-0.2, 0) is 0 Å². The van der Waals surface area contributed by atoms with Gasteiger partial charge in [-0.25, -0.2) is 0 Å². The molecule has 0 aromatic heterocycles. The normalized spacial score (nSPS) is 13.9. The Morgan fingerprint density at radius 3 is 2.00 bits per heavy atom. The van der Waals surface area contributed by atoms with Crippen molar-refractivity contribution in [2.75, 3.05) is 7.05 Å². The van der Waals surface area contributed by atoms with Gasteiger partial charge in [0, 0.05) is 19.3 Å². The van der Waals surface area contributed by atoms with E-state index >= 15 is 0 Å². The number of hydrogen-bond acceptors (Lipinski definition) is 1. The third kappa shape index (κ3) is 3.61. The van der Waals surface area contributed by atoms with Crippen molar-refractivity contribution in [3.05, 3.63) is 23.4 Å². The summed E-state index contributed by atoms with van der Waals surface area (Å²) in [7, 11) is 2.11. The Labute approximate surface area is 76.8 Å². The molecule has 0 spiro atoms. The molecule has 0 rings (SSSR count). The summed E-state index contributed by atoms with van der Waals surface area (Å²) in [6.07, 6.45) is 4.33. The zero-order chi connectivity index (χ0) is 9.72. The van der Waals surface area contributed by atoms with E-state index in [0.29, 0.717) is 6.04 Å². The first-order chi connectivity index (χ1) is 5.49. The Balaban J connectivity index is 4.35. The lowest BCUT2D eigenvalue weighted by molar-refractivity contribution is 0.373. The molecule has 0 saturated carbocycles. The third-order valence-electron chi connectivity index (χ3n) is 2.27. The standard InChI is InChI=1S/C11H21N/c1-7-10(4)11(5)8-12(6)9(2)3/h7-9H,1-6H3/b10-7-,11-8-. The molecule has 1 heteroatoms. The molecule has 0 radical (unpaired) electrons. The van der Waals surface area contributed by atoms with Crippen molar-refractivity contribution >= 4 is 0 Å². The number of nitrogens with zero attached hydrogens (tertiary/aromatic N) is 1. The molecule has 0 unspecified atom stereocenters. The summed E-state index contributed by atoms with van der Waals surface area (Å²) >= 11 is 0. The second-order valence-corrected chi connectivity index (χ2v) is 3.54. The van der Waals surface area contributed by atoms with Crippen molar-refractivity contribution in [3.63, 3.8) is 0 Å². The van der Waals surface area contributed by atoms with E-state index in [1.165, 1.54) is 11.1 Å². The minimum atomic E-state index is 0.574. The van der Waals surface area contributed by atoms with Gasteiger partial charge in [0.1, 0.15) is 0 Å². The first-order valence-electron chi connectivity index (χ1n) is 4.52. The van der Waals surface area contributed by atoms with Crippen LogP contribution in [0.15, 0.2) is 23.4 Å². The van der Waals surface area contributed by atoms with Gasteiger partial charge in [0.15, 0.2) is 0 Å². The highest BCUT2D eigenvalue weighted by Crippen LogP contribution is 2.09. The van der Waals surface area contributed by atoms with Crippen molar-refractivity contribution in [1.29, 1.82) is 0 Å².